The molecule has 112 valence electrons. The number of nitrogens with two attached hydrogens (primary N) is 1. The van der Waals surface area contributed by atoms with E-state index in [4.69, 9.17) is 28.9 Å². The van der Waals surface area contributed by atoms with Crippen molar-refractivity contribution in [2.24, 2.45) is 5.73 Å². The van der Waals surface area contributed by atoms with Crippen LogP contribution in [0.5, 0.6) is 0 Å². The second-order valence-electron chi connectivity index (χ2n) is 4.59. The summed E-state index contributed by atoms with van der Waals surface area (Å²) in [5, 5.41) is 1.01. The molecule has 1 aromatic heterocycles. The monoisotopic (exact) mass is 327 g/mol. The standard InChI is InChI=1S/C14H15Cl2N3O2/c15-11-3-2-10(12(16)8-11)9-18-7-4-13(20)19(14(18)21)6-1-5-17/h2-4,7-8H,1,5-6,9,17H2. The van der Waals surface area contributed by atoms with Crippen molar-refractivity contribution in [2.75, 3.05) is 6.54 Å². The molecule has 0 saturated heterocycles. The van der Waals surface area contributed by atoms with E-state index in [0.717, 1.165) is 5.56 Å². The Kier molecular flexibility index (Phi) is 5.22. The Morgan fingerprint density at radius 2 is 1.90 bits per heavy atom. The minimum Gasteiger partial charge on any atom is -0.330 e. The molecule has 0 atom stereocenters. The third-order valence-electron chi connectivity index (χ3n) is 3.08. The predicted octanol–water partition coefficient (Wildman–Crippen LogP) is 1.71. The summed E-state index contributed by atoms with van der Waals surface area (Å²) >= 11 is 11.9. The van der Waals surface area contributed by atoms with Gasteiger partial charge in [0.1, 0.15) is 0 Å². The molecule has 0 radical (unpaired) electrons. The number of nitrogens with zero attached hydrogens (tertiary/aromatic N) is 2. The molecular weight excluding hydrogens is 313 g/mol. The van der Waals surface area contributed by atoms with Crippen molar-refractivity contribution < 1.29 is 0 Å². The lowest BCUT2D eigenvalue weighted by Crippen LogP contribution is -2.39. The van der Waals surface area contributed by atoms with Crippen LogP contribution in [0, 0.1) is 0 Å². The van der Waals surface area contributed by atoms with E-state index in [9.17, 15) is 9.59 Å². The van der Waals surface area contributed by atoms with Crippen LogP contribution in [-0.4, -0.2) is 15.7 Å². The zero-order chi connectivity index (χ0) is 15.4. The van der Waals surface area contributed by atoms with Crippen LogP contribution < -0.4 is 17.0 Å². The van der Waals surface area contributed by atoms with E-state index in [2.05, 4.69) is 0 Å². The molecule has 0 aliphatic rings. The topological polar surface area (TPSA) is 70.0 Å². The van der Waals surface area contributed by atoms with Crippen molar-refractivity contribution in [3.63, 3.8) is 0 Å². The maximum atomic E-state index is 12.3. The van der Waals surface area contributed by atoms with Crippen molar-refractivity contribution in [2.45, 2.75) is 19.5 Å². The Morgan fingerprint density at radius 1 is 1.14 bits per heavy atom. The van der Waals surface area contributed by atoms with Gasteiger partial charge in [-0.3, -0.25) is 13.9 Å². The second kappa shape index (κ2) is 6.93. The first-order valence-corrected chi connectivity index (χ1v) is 7.23. The third kappa shape index (κ3) is 3.75. The molecule has 1 aromatic carbocycles. The largest absolute Gasteiger partial charge is 0.331 e. The van der Waals surface area contributed by atoms with Crippen LogP contribution in [0.25, 0.3) is 0 Å². The smallest absolute Gasteiger partial charge is 0.330 e. The average molecular weight is 328 g/mol. The highest BCUT2D eigenvalue weighted by Crippen LogP contribution is 2.21. The van der Waals surface area contributed by atoms with Crippen LogP contribution in [0.2, 0.25) is 10.0 Å². The summed E-state index contributed by atoms with van der Waals surface area (Å²) in [4.78, 5) is 24.0. The number of hydrogen-bond donors (Lipinski definition) is 1. The molecule has 7 heteroatoms. The van der Waals surface area contributed by atoms with E-state index in [1.54, 1.807) is 18.2 Å². The highest BCUT2D eigenvalue weighted by molar-refractivity contribution is 6.35. The number of halogens is 2. The van der Waals surface area contributed by atoms with E-state index in [1.807, 2.05) is 0 Å². The summed E-state index contributed by atoms with van der Waals surface area (Å²) in [5.41, 5.74) is 5.47. The van der Waals surface area contributed by atoms with Gasteiger partial charge < -0.3 is 5.73 Å². The first kappa shape index (κ1) is 15.8. The van der Waals surface area contributed by atoms with Gasteiger partial charge in [-0.1, -0.05) is 29.3 Å². The lowest BCUT2D eigenvalue weighted by Gasteiger charge is -2.10. The molecule has 0 bridgehead atoms. The molecule has 0 saturated carbocycles. The lowest BCUT2D eigenvalue weighted by atomic mass is 10.2. The van der Waals surface area contributed by atoms with Gasteiger partial charge >= 0.3 is 5.69 Å². The van der Waals surface area contributed by atoms with Crippen molar-refractivity contribution in [1.82, 2.24) is 9.13 Å². The van der Waals surface area contributed by atoms with E-state index >= 15 is 0 Å². The first-order valence-electron chi connectivity index (χ1n) is 6.47. The maximum Gasteiger partial charge on any atom is 0.331 e. The normalized spacial score (nSPS) is 10.8. The minimum atomic E-state index is -0.373. The Balaban J connectivity index is 2.36. The molecule has 0 unspecified atom stereocenters. The molecule has 2 aromatic rings. The number of hydrogen-bond acceptors (Lipinski definition) is 3. The molecular formula is C14H15Cl2N3O2. The van der Waals surface area contributed by atoms with Gasteiger partial charge in [-0.15, -0.1) is 0 Å². The molecule has 0 amide bonds. The molecule has 21 heavy (non-hydrogen) atoms. The predicted molar refractivity (Wildman–Crippen MR) is 84.2 cm³/mol. The van der Waals surface area contributed by atoms with Gasteiger partial charge in [0.15, 0.2) is 0 Å². The minimum absolute atomic E-state index is 0.276. The van der Waals surface area contributed by atoms with Gasteiger partial charge in [-0.2, -0.15) is 0 Å². The lowest BCUT2D eigenvalue weighted by molar-refractivity contribution is 0.554. The fourth-order valence-electron chi connectivity index (χ4n) is 1.97. The van der Waals surface area contributed by atoms with Gasteiger partial charge in [0.05, 0.1) is 6.54 Å². The molecule has 1 heterocycles. The second-order valence-corrected chi connectivity index (χ2v) is 5.44. The molecule has 0 fully saturated rings. The van der Waals surface area contributed by atoms with Crippen LogP contribution in [0.3, 0.4) is 0 Å². The fraction of sp³-hybridized carbons (Fsp3) is 0.286. The van der Waals surface area contributed by atoms with E-state index in [0.29, 0.717) is 29.6 Å². The molecule has 0 aliphatic carbocycles. The average Bonchev–Trinajstić information content (AvgIpc) is 2.44. The van der Waals surface area contributed by atoms with Gasteiger partial charge in [0, 0.05) is 28.9 Å². The quantitative estimate of drug-likeness (QED) is 0.908. The van der Waals surface area contributed by atoms with Crippen LogP contribution in [0.4, 0.5) is 0 Å². The number of aromatic nitrogens is 2. The number of benzene rings is 1. The molecule has 5 nitrogen and oxygen atoms in total. The van der Waals surface area contributed by atoms with Crippen LogP contribution in [-0.2, 0) is 13.1 Å². The Hall–Kier alpha value is -1.56. The molecule has 0 spiro atoms. The van der Waals surface area contributed by atoms with Crippen molar-refractivity contribution in [1.29, 1.82) is 0 Å². The van der Waals surface area contributed by atoms with Gasteiger partial charge in [-0.25, -0.2) is 4.79 Å². The Morgan fingerprint density at radius 3 is 2.57 bits per heavy atom. The molecule has 0 aliphatic heterocycles. The van der Waals surface area contributed by atoms with Crippen molar-refractivity contribution >= 4 is 23.2 Å². The third-order valence-corrected chi connectivity index (χ3v) is 3.67. The van der Waals surface area contributed by atoms with Gasteiger partial charge in [0.25, 0.3) is 5.56 Å². The molecule has 2 rings (SSSR count). The molecule has 2 N–H and O–H groups in total. The van der Waals surface area contributed by atoms with E-state index < -0.39 is 0 Å². The summed E-state index contributed by atoms with van der Waals surface area (Å²) < 4.78 is 2.61. The first-order chi connectivity index (χ1) is 10.0. The number of rotatable bonds is 5. The van der Waals surface area contributed by atoms with Crippen molar-refractivity contribution in [3.05, 3.63) is 66.9 Å². The van der Waals surface area contributed by atoms with Gasteiger partial charge in [0.2, 0.25) is 0 Å². The fourth-order valence-corrected chi connectivity index (χ4v) is 2.43. The maximum absolute atomic E-state index is 12.3. The summed E-state index contributed by atoms with van der Waals surface area (Å²) in [6.45, 7) is 1.00. The van der Waals surface area contributed by atoms with E-state index in [1.165, 1.54) is 21.4 Å². The summed E-state index contributed by atoms with van der Waals surface area (Å²) in [5.74, 6) is 0. The summed E-state index contributed by atoms with van der Waals surface area (Å²) in [6, 6.07) is 6.44. The Labute approximate surface area is 131 Å². The zero-order valence-corrected chi connectivity index (χ0v) is 12.8. The van der Waals surface area contributed by atoms with Crippen molar-refractivity contribution in [3.8, 4) is 0 Å². The van der Waals surface area contributed by atoms with Crippen LogP contribution in [0.1, 0.15) is 12.0 Å². The van der Waals surface area contributed by atoms with Gasteiger partial charge in [-0.05, 0) is 30.7 Å². The van der Waals surface area contributed by atoms with Crippen LogP contribution in [0.15, 0.2) is 40.1 Å². The van der Waals surface area contributed by atoms with Crippen LogP contribution >= 0.6 is 23.2 Å². The summed E-state index contributed by atoms with van der Waals surface area (Å²) in [6.07, 6.45) is 2.04. The summed E-state index contributed by atoms with van der Waals surface area (Å²) in [7, 11) is 0. The SMILES string of the molecule is NCCCn1c(=O)ccn(Cc2ccc(Cl)cc2Cl)c1=O. The highest BCUT2D eigenvalue weighted by atomic mass is 35.5. The Bertz CT molecular complexity index is 753. The zero-order valence-electron chi connectivity index (χ0n) is 11.3. The van der Waals surface area contributed by atoms with E-state index in [-0.39, 0.29) is 17.8 Å². The highest BCUT2D eigenvalue weighted by Gasteiger charge is 2.07.